The minimum Gasteiger partial charge on any atom is -0.327 e. The van der Waals surface area contributed by atoms with Crippen molar-refractivity contribution >= 4 is 27.3 Å². The number of thiophene rings is 1. The predicted molar refractivity (Wildman–Crippen MR) is 79.5 cm³/mol. The van der Waals surface area contributed by atoms with Crippen LogP contribution in [-0.2, 0) is 5.41 Å². The van der Waals surface area contributed by atoms with Gasteiger partial charge in [-0.3, -0.25) is 0 Å². The first kappa shape index (κ1) is 13.6. The molecule has 0 radical (unpaired) electrons. The van der Waals surface area contributed by atoms with E-state index in [1.54, 1.807) is 11.3 Å². The van der Waals surface area contributed by atoms with Crippen LogP contribution in [0.25, 0.3) is 0 Å². The van der Waals surface area contributed by atoms with Gasteiger partial charge >= 0.3 is 0 Å². The number of hydrogen-bond acceptors (Lipinski definition) is 2. The van der Waals surface area contributed by atoms with Gasteiger partial charge in [0.25, 0.3) is 0 Å². The molecule has 0 amide bonds. The highest BCUT2D eigenvalue weighted by Crippen LogP contribution is 2.44. The summed E-state index contributed by atoms with van der Waals surface area (Å²) in [6.07, 6.45) is 3.76. The number of rotatable bonds is 2. The molecule has 1 aromatic heterocycles. The van der Waals surface area contributed by atoms with E-state index in [1.165, 1.54) is 29.3 Å². The highest BCUT2D eigenvalue weighted by molar-refractivity contribution is 9.10. The lowest BCUT2D eigenvalue weighted by atomic mass is 9.64. The molecule has 3 heteroatoms. The Balaban J connectivity index is 2.24. The van der Waals surface area contributed by atoms with Gasteiger partial charge in [-0.1, -0.05) is 27.2 Å². The predicted octanol–water partition coefficient (Wildman–Crippen LogP) is 4.55. The normalized spacial score (nSPS) is 30.5. The fraction of sp³-hybridized carbons (Fsp3) is 0.714. The Hall–Kier alpha value is 0.140. The summed E-state index contributed by atoms with van der Waals surface area (Å²) in [6.45, 7) is 7.02. The Morgan fingerprint density at radius 1 is 1.35 bits per heavy atom. The SMILES string of the molecule is CC1CCC(C(C)(C)c2cscc2Br)C(N)C1. The van der Waals surface area contributed by atoms with Gasteiger partial charge in [0.1, 0.15) is 0 Å². The maximum absolute atomic E-state index is 6.40. The highest BCUT2D eigenvalue weighted by atomic mass is 79.9. The maximum Gasteiger partial charge on any atom is 0.0319 e. The van der Waals surface area contributed by atoms with Crippen molar-refractivity contribution < 1.29 is 0 Å². The third-order valence-corrected chi connectivity index (χ3v) is 6.10. The van der Waals surface area contributed by atoms with E-state index in [-0.39, 0.29) is 5.41 Å². The molecule has 1 fully saturated rings. The monoisotopic (exact) mass is 315 g/mol. The van der Waals surface area contributed by atoms with Crippen molar-refractivity contribution in [2.45, 2.75) is 51.5 Å². The van der Waals surface area contributed by atoms with E-state index in [2.05, 4.69) is 47.5 Å². The van der Waals surface area contributed by atoms with Crippen molar-refractivity contribution in [3.05, 3.63) is 20.8 Å². The number of hydrogen-bond donors (Lipinski definition) is 1. The Labute approximate surface area is 117 Å². The second-order valence-electron chi connectivity index (χ2n) is 6.04. The van der Waals surface area contributed by atoms with E-state index in [1.807, 2.05) is 0 Å². The molecule has 1 aliphatic rings. The van der Waals surface area contributed by atoms with E-state index in [0.717, 1.165) is 5.92 Å². The molecule has 1 nitrogen and oxygen atoms in total. The summed E-state index contributed by atoms with van der Waals surface area (Å²) in [5.41, 5.74) is 8.01. The van der Waals surface area contributed by atoms with Crippen LogP contribution in [0.2, 0.25) is 0 Å². The standard InChI is InChI=1S/C14H22BrNS/c1-9-4-5-10(13(16)6-9)14(2,3)11-7-17-8-12(11)15/h7-10,13H,4-6,16H2,1-3H3. The average molecular weight is 316 g/mol. The van der Waals surface area contributed by atoms with Gasteiger partial charge in [-0.2, -0.15) is 11.3 Å². The quantitative estimate of drug-likeness (QED) is 0.851. The molecule has 96 valence electrons. The minimum atomic E-state index is 0.179. The van der Waals surface area contributed by atoms with E-state index in [9.17, 15) is 0 Å². The van der Waals surface area contributed by atoms with Crippen molar-refractivity contribution in [1.82, 2.24) is 0 Å². The lowest BCUT2D eigenvalue weighted by molar-refractivity contribution is 0.171. The third-order valence-electron chi connectivity index (χ3n) is 4.40. The fourth-order valence-corrected chi connectivity index (χ4v) is 5.24. The van der Waals surface area contributed by atoms with E-state index < -0.39 is 0 Å². The van der Waals surface area contributed by atoms with Crippen LogP contribution in [0.3, 0.4) is 0 Å². The maximum atomic E-state index is 6.40. The Kier molecular flexibility index (Phi) is 4.01. The summed E-state index contributed by atoms with van der Waals surface area (Å²) in [7, 11) is 0. The van der Waals surface area contributed by atoms with Gasteiger partial charge in [0.2, 0.25) is 0 Å². The van der Waals surface area contributed by atoms with Gasteiger partial charge in [-0.25, -0.2) is 0 Å². The molecule has 1 aromatic rings. The van der Waals surface area contributed by atoms with Gasteiger partial charge < -0.3 is 5.73 Å². The molecular weight excluding hydrogens is 294 g/mol. The second-order valence-corrected chi connectivity index (χ2v) is 7.64. The Morgan fingerprint density at radius 2 is 2.06 bits per heavy atom. The highest BCUT2D eigenvalue weighted by Gasteiger charge is 2.39. The second kappa shape index (κ2) is 5.02. The molecule has 2 N–H and O–H groups in total. The lowest BCUT2D eigenvalue weighted by Gasteiger charge is -2.43. The average Bonchev–Trinajstić information content (AvgIpc) is 2.64. The van der Waals surface area contributed by atoms with Crippen molar-refractivity contribution in [2.75, 3.05) is 0 Å². The van der Waals surface area contributed by atoms with Crippen LogP contribution in [-0.4, -0.2) is 6.04 Å². The van der Waals surface area contributed by atoms with E-state index >= 15 is 0 Å². The zero-order chi connectivity index (χ0) is 12.6. The summed E-state index contributed by atoms with van der Waals surface area (Å²) in [4.78, 5) is 0. The zero-order valence-corrected chi connectivity index (χ0v) is 13.3. The molecular formula is C14H22BrNS. The smallest absolute Gasteiger partial charge is 0.0319 e. The van der Waals surface area contributed by atoms with Crippen LogP contribution in [0.4, 0.5) is 0 Å². The van der Waals surface area contributed by atoms with Crippen molar-refractivity contribution in [2.24, 2.45) is 17.6 Å². The molecule has 17 heavy (non-hydrogen) atoms. The summed E-state index contributed by atoms with van der Waals surface area (Å²) in [6, 6.07) is 0.348. The Bertz CT molecular complexity index is 385. The first-order chi connectivity index (χ1) is 7.93. The largest absolute Gasteiger partial charge is 0.327 e. The van der Waals surface area contributed by atoms with Gasteiger partial charge in [0.05, 0.1) is 0 Å². The van der Waals surface area contributed by atoms with Gasteiger partial charge in [-0.05, 0) is 57.0 Å². The summed E-state index contributed by atoms with van der Waals surface area (Å²) < 4.78 is 1.25. The van der Waals surface area contributed by atoms with E-state index in [4.69, 9.17) is 5.73 Å². The Morgan fingerprint density at radius 3 is 2.59 bits per heavy atom. The minimum absolute atomic E-state index is 0.179. The van der Waals surface area contributed by atoms with Crippen molar-refractivity contribution in [3.63, 3.8) is 0 Å². The van der Waals surface area contributed by atoms with Crippen LogP contribution in [0.1, 0.15) is 45.6 Å². The van der Waals surface area contributed by atoms with Crippen molar-refractivity contribution in [1.29, 1.82) is 0 Å². The zero-order valence-electron chi connectivity index (χ0n) is 10.9. The van der Waals surface area contributed by atoms with Crippen molar-refractivity contribution in [3.8, 4) is 0 Å². The topological polar surface area (TPSA) is 26.0 Å². The summed E-state index contributed by atoms with van der Waals surface area (Å²) in [5.74, 6) is 1.40. The van der Waals surface area contributed by atoms with Crippen LogP contribution in [0, 0.1) is 11.8 Å². The molecule has 0 bridgehead atoms. The van der Waals surface area contributed by atoms with Gasteiger partial charge in [0, 0.05) is 15.9 Å². The molecule has 3 atom stereocenters. The molecule has 1 heterocycles. The molecule has 3 unspecified atom stereocenters. The molecule has 2 rings (SSSR count). The van der Waals surface area contributed by atoms with E-state index in [0.29, 0.717) is 12.0 Å². The molecule has 0 aliphatic heterocycles. The van der Waals surface area contributed by atoms with Crippen LogP contribution in [0.5, 0.6) is 0 Å². The molecule has 0 saturated heterocycles. The third kappa shape index (κ3) is 2.61. The van der Waals surface area contributed by atoms with Gasteiger partial charge in [-0.15, -0.1) is 0 Å². The first-order valence-electron chi connectivity index (χ1n) is 6.40. The number of halogens is 1. The summed E-state index contributed by atoms with van der Waals surface area (Å²) >= 11 is 5.44. The van der Waals surface area contributed by atoms with Gasteiger partial charge in [0.15, 0.2) is 0 Å². The summed E-state index contributed by atoms with van der Waals surface area (Å²) in [5, 5.41) is 4.45. The number of nitrogens with two attached hydrogens (primary N) is 1. The lowest BCUT2D eigenvalue weighted by Crippen LogP contribution is -2.45. The molecule has 0 aromatic carbocycles. The molecule has 1 aliphatic carbocycles. The molecule has 1 saturated carbocycles. The van der Waals surface area contributed by atoms with Crippen LogP contribution in [0.15, 0.2) is 15.2 Å². The molecule has 0 spiro atoms. The fourth-order valence-electron chi connectivity index (χ4n) is 3.26. The van der Waals surface area contributed by atoms with Crippen LogP contribution >= 0.6 is 27.3 Å². The first-order valence-corrected chi connectivity index (χ1v) is 8.14. The van der Waals surface area contributed by atoms with Crippen LogP contribution < -0.4 is 5.73 Å².